The molecule has 1 aromatic carbocycles. The third-order valence-corrected chi connectivity index (χ3v) is 7.43. The zero-order chi connectivity index (χ0) is 25.3. The van der Waals surface area contributed by atoms with Gasteiger partial charge in [-0.1, -0.05) is 35.8 Å². The molecule has 2 heterocycles. The van der Waals surface area contributed by atoms with Crippen molar-refractivity contribution in [1.29, 1.82) is 0 Å². The molecular formula is C24H26ClFN6O3. The molecule has 2 amide bonds. The van der Waals surface area contributed by atoms with Crippen molar-refractivity contribution < 1.29 is 18.5 Å². The summed E-state index contributed by atoms with van der Waals surface area (Å²) in [4.78, 5) is 24.6. The standard InChI is InChI=1S/C24H26ClFN6O3/c1-11(2)32-21(27)17(22(28)34)20(30-32)13-5-4-12(19(26)18(13)25)6-15(33)29-16-7-14(31-35-16)24-8-23(3,9-24)10-24/h4-5,7,11H,6,8-10,27H2,1-3H3,(H2,28,34)(H,29,33). The van der Waals surface area contributed by atoms with Gasteiger partial charge in [-0.25, -0.2) is 9.07 Å². The summed E-state index contributed by atoms with van der Waals surface area (Å²) in [7, 11) is 0. The van der Waals surface area contributed by atoms with E-state index in [0.717, 1.165) is 25.0 Å². The lowest BCUT2D eigenvalue weighted by Gasteiger charge is -2.68. The van der Waals surface area contributed by atoms with Crippen molar-refractivity contribution in [1.82, 2.24) is 14.9 Å². The third-order valence-electron chi connectivity index (χ3n) is 7.06. The molecule has 2 aromatic heterocycles. The van der Waals surface area contributed by atoms with Gasteiger partial charge in [0.05, 0.1) is 17.1 Å². The highest BCUT2D eigenvalue weighted by atomic mass is 35.5. The molecule has 35 heavy (non-hydrogen) atoms. The Bertz CT molecular complexity index is 1360. The Morgan fingerprint density at radius 2 is 2.00 bits per heavy atom. The first kappa shape index (κ1) is 23.3. The van der Waals surface area contributed by atoms with Gasteiger partial charge in [0.25, 0.3) is 5.91 Å². The SMILES string of the molecule is CC(C)n1nc(-c2ccc(CC(=O)Nc3cc(C45CC(C)(C4)C5)no3)c(F)c2Cl)c(C(N)=O)c1N. The molecule has 3 aliphatic rings. The van der Waals surface area contributed by atoms with E-state index >= 15 is 4.39 Å². The van der Waals surface area contributed by atoms with Crippen molar-refractivity contribution in [3.63, 3.8) is 0 Å². The highest BCUT2D eigenvalue weighted by Crippen LogP contribution is 2.73. The number of nitrogens with two attached hydrogens (primary N) is 2. The molecule has 0 atom stereocenters. The number of benzene rings is 1. The molecular weight excluding hydrogens is 475 g/mol. The molecule has 3 aromatic rings. The molecule has 3 saturated carbocycles. The van der Waals surface area contributed by atoms with Gasteiger partial charge in [-0.3, -0.25) is 14.9 Å². The molecule has 184 valence electrons. The normalized spacial score (nSPS) is 22.6. The Kier molecular flexibility index (Phi) is 5.21. The zero-order valence-electron chi connectivity index (χ0n) is 19.6. The highest BCUT2D eigenvalue weighted by Gasteiger charge is 2.66. The average molecular weight is 501 g/mol. The molecule has 6 rings (SSSR count). The van der Waals surface area contributed by atoms with Crippen LogP contribution >= 0.6 is 11.6 Å². The van der Waals surface area contributed by atoms with Crippen LogP contribution in [0.3, 0.4) is 0 Å². The summed E-state index contributed by atoms with van der Waals surface area (Å²) in [5.41, 5.74) is 13.2. The second kappa shape index (κ2) is 7.81. The van der Waals surface area contributed by atoms with E-state index in [0.29, 0.717) is 5.41 Å². The summed E-state index contributed by atoms with van der Waals surface area (Å²) in [5, 5.41) is 10.8. The number of hydrogen-bond acceptors (Lipinski definition) is 6. The van der Waals surface area contributed by atoms with Gasteiger partial charge in [-0.05, 0) is 44.1 Å². The van der Waals surface area contributed by atoms with Gasteiger partial charge in [0.1, 0.15) is 22.9 Å². The van der Waals surface area contributed by atoms with E-state index in [1.54, 1.807) is 6.07 Å². The minimum atomic E-state index is -0.802. The van der Waals surface area contributed by atoms with E-state index in [-0.39, 0.29) is 57.0 Å². The van der Waals surface area contributed by atoms with Crippen molar-refractivity contribution >= 4 is 35.1 Å². The quantitative estimate of drug-likeness (QED) is 0.443. The van der Waals surface area contributed by atoms with Gasteiger partial charge in [-0.15, -0.1) is 0 Å². The summed E-state index contributed by atoms with van der Waals surface area (Å²) >= 11 is 6.31. The molecule has 0 radical (unpaired) electrons. The van der Waals surface area contributed by atoms with Crippen molar-refractivity contribution in [2.24, 2.45) is 11.1 Å². The van der Waals surface area contributed by atoms with Crippen LogP contribution in [-0.2, 0) is 16.6 Å². The monoisotopic (exact) mass is 500 g/mol. The largest absolute Gasteiger partial charge is 0.383 e. The van der Waals surface area contributed by atoms with Crippen LogP contribution in [0.4, 0.5) is 16.1 Å². The first-order chi connectivity index (χ1) is 16.4. The van der Waals surface area contributed by atoms with Crippen LogP contribution in [0.1, 0.15) is 67.7 Å². The van der Waals surface area contributed by atoms with E-state index in [2.05, 4.69) is 22.5 Å². The number of nitrogens with zero attached hydrogens (tertiary/aromatic N) is 3. The van der Waals surface area contributed by atoms with Crippen molar-refractivity contribution in [3.8, 4) is 11.3 Å². The summed E-state index contributed by atoms with van der Waals surface area (Å²) in [6.07, 6.45) is 2.95. The summed E-state index contributed by atoms with van der Waals surface area (Å²) < 4.78 is 21.9. The fraction of sp³-hybridized carbons (Fsp3) is 0.417. The maximum atomic E-state index is 15.2. The lowest BCUT2D eigenvalue weighted by Crippen LogP contribution is -2.62. The molecule has 0 unspecified atom stereocenters. The zero-order valence-corrected chi connectivity index (χ0v) is 20.4. The van der Waals surface area contributed by atoms with E-state index in [1.165, 1.54) is 16.8 Å². The fourth-order valence-corrected chi connectivity index (χ4v) is 5.96. The molecule has 0 spiro atoms. The molecule has 0 aliphatic heterocycles. The Morgan fingerprint density at radius 3 is 2.60 bits per heavy atom. The van der Waals surface area contributed by atoms with E-state index < -0.39 is 17.6 Å². The van der Waals surface area contributed by atoms with Gasteiger partial charge in [0.2, 0.25) is 11.8 Å². The topological polar surface area (TPSA) is 142 Å². The number of halogens is 2. The smallest absolute Gasteiger partial charge is 0.254 e. The second-order valence-corrected chi connectivity index (χ2v) is 10.7. The minimum Gasteiger partial charge on any atom is -0.383 e. The van der Waals surface area contributed by atoms with Crippen LogP contribution in [0.15, 0.2) is 22.7 Å². The number of nitrogens with one attached hydrogen (secondary N) is 1. The number of primary amides is 1. The van der Waals surface area contributed by atoms with Crippen LogP contribution < -0.4 is 16.8 Å². The minimum absolute atomic E-state index is 0.0377. The van der Waals surface area contributed by atoms with Crippen LogP contribution in [0, 0.1) is 11.2 Å². The Morgan fingerprint density at radius 1 is 1.31 bits per heavy atom. The number of rotatable bonds is 7. The van der Waals surface area contributed by atoms with Gasteiger partial charge in [0, 0.05) is 23.1 Å². The predicted molar refractivity (Wildman–Crippen MR) is 128 cm³/mol. The maximum absolute atomic E-state index is 15.2. The summed E-state index contributed by atoms with van der Waals surface area (Å²) in [6.45, 7) is 5.91. The lowest BCUT2D eigenvalue weighted by molar-refractivity contribution is -0.129. The number of anilines is 2. The first-order valence-corrected chi connectivity index (χ1v) is 11.7. The van der Waals surface area contributed by atoms with Gasteiger partial charge in [0.15, 0.2) is 0 Å². The Hall–Kier alpha value is -3.40. The number of carbonyl (C=O) groups is 2. The molecule has 11 heteroatoms. The molecule has 3 fully saturated rings. The fourth-order valence-electron chi connectivity index (χ4n) is 5.69. The number of nitrogen functional groups attached to an aromatic ring is 1. The number of aromatic nitrogens is 3. The van der Waals surface area contributed by atoms with Crippen molar-refractivity contribution in [3.05, 3.63) is 45.9 Å². The average Bonchev–Trinajstić information content (AvgIpc) is 3.33. The molecule has 2 bridgehead atoms. The third kappa shape index (κ3) is 3.67. The molecule has 0 saturated heterocycles. The number of hydrogen-bond donors (Lipinski definition) is 3. The number of carbonyl (C=O) groups excluding carboxylic acids is 2. The predicted octanol–water partition coefficient (Wildman–Crippen LogP) is 4.22. The van der Waals surface area contributed by atoms with E-state index in [9.17, 15) is 9.59 Å². The van der Waals surface area contributed by atoms with Gasteiger partial charge >= 0.3 is 0 Å². The molecule has 5 N–H and O–H groups in total. The second-order valence-electron chi connectivity index (χ2n) is 10.3. The molecule has 9 nitrogen and oxygen atoms in total. The number of amides is 2. The van der Waals surface area contributed by atoms with E-state index in [1.807, 2.05) is 13.8 Å². The highest BCUT2D eigenvalue weighted by molar-refractivity contribution is 6.33. The van der Waals surface area contributed by atoms with Crippen LogP contribution in [0.25, 0.3) is 11.3 Å². The maximum Gasteiger partial charge on any atom is 0.254 e. The first-order valence-electron chi connectivity index (χ1n) is 11.4. The lowest BCUT2D eigenvalue weighted by atomic mass is 9.35. The van der Waals surface area contributed by atoms with Crippen LogP contribution in [-0.4, -0.2) is 26.8 Å². The van der Waals surface area contributed by atoms with Crippen molar-refractivity contribution in [2.45, 2.75) is 57.9 Å². The van der Waals surface area contributed by atoms with Crippen molar-refractivity contribution in [2.75, 3.05) is 11.1 Å². The van der Waals surface area contributed by atoms with Crippen LogP contribution in [0.2, 0.25) is 5.02 Å². The summed E-state index contributed by atoms with van der Waals surface area (Å²) in [5.74, 6) is -1.78. The molecule has 3 aliphatic carbocycles. The van der Waals surface area contributed by atoms with Crippen LogP contribution in [0.5, 0.6) is 0 Å². The Labute approximate surface area is 206 Å². The van der Waals surface area contributed by atoms with Gasteiger partial charge < -0.3 is 16.0 Å². The van der Waals surface area contributed by atoms with Gasteiger partial charge in [-0.2, -0.15) is 5.10 Å². The van der Waals surface area contributed by atoms with E-state index in [4.69, 9.17) is 27.6 Å². The summed E-state index contributed by atoms with van der Waals surface area (Å²) in [6, 6.07) is 4.48. The Balaban J connectivity index is 1.34.